The van der Waals surface area contributed by atoms with E-state index in [0.717, 1.165) is 0 Å². The molecular weight excluding hydrogens is 404 g/mol. The minimum absolute atomic E-state index is 0.0654. The molecule has 2 unspecified atom stereocenters. The molecule has 0 aliphatic heterocycles. The van der Waals surface area contributed by atoms with Crippen molar-refractivity contribution in [3.63, 3.8) is 0 Å². The van der Waals surface area contributed by atoms with E-state index in [1.165, 1.54) is 6.92 Å². The van der Waals surface area contributed by atoms with Crippen molar-refractivity contribution >= 4 is 27.9 Å². The fraction of sp³-hybridized carbons (Fsp3) is 0.833. The molecule has 0 radical (unpaired) electrons. The van der Waals surface area contributed by atoms with Crippen molar-refractivity contribution < 1.29 is 29.3 Å². The van der Waals surface area contributed by atoms with Crippen molar-refractivity contribution in [1.29, 1.82) is 0 Å². The number of ether oxygens (including phenoxy) is 2. The molecule has 0 aliphatic carbocycles. The van der Waals surface area contributed by atoms with Crippen LogP contribution in [0, 0.1) is 0 Å². The van der Waals surface area contributed by atoms with Gasteiger partial charge in [-0.15, -0.1) is 0 Å². The Bertz CT molecular complexity index is 451. The van der Waals surface area contributed by atoms with Crippen LogP contribution in [0.2, 0.25) is 0 Å². The summed E-state index contributed by atoms with van der Waals surface area (Å²) in [5, 5.41) is 22.4. The normalized spacial score (nSPS) is 10.9. The first-order valence-electron chi connectivity index (χ1n) is 7.06. The van der Waals surface area contributed by atoms with Crippen LogP contribution < -0.4 is 0 Å². The zero-order valence-electron chi connectivity index (χ0n) is 14.3. The summed E-state index contributed by atoms with van der Waals surface area (Å²) in [6.45, 7) is 5.80. The number of halogens is 1. The summed E-state index contributed by atoms with van der Waals surface area (Å²) in [6.07, 6.45) is -0.844. The lowest BCUT2D eigenvalue weighted by Gasteiger charge is -2.05. The molecule has 0 spiro atoms. The molecule has 0 amide bonds. The Morgan fingerprint density at radius 3 is 2.00 bits per heavy atom. The molecule has 0 rings (SSSR count). The molecule has 13 heteroatoms. The highest BCUT2D eigenvalue weighted by atomic mass is 79.9. The number of carbonyl (C=O) groups is 2. The maximum atomic E-state index is 10.5. The molecule has 0 fully saturated rings. The molecule has 0 saturated carbocycles. The van der Waals surface area contributed by atoms with E-state index in [2.05, 4.69) is 40.7 Å². The first-order valence-corrected chi connectivity index (χ1v) is 7.97. The predicted molar refractivity (Wildman–Crippen MR) is 93.2 cm³/mol. The number of nitrogens with zero attached hydrogens (tertiary/aromatic N) is 6. The summed E-state index contributed by atoms with van der Waals surface area (Å²) in [6, 6.07) is 0. The number of esters is 1. The minimum Gasteiger partial charge on any atom is -0.479 e. The number of aliphatic hydroxyl groups is 1. The summed E-state index contributed by atoms with van der Waals surface area (Å²) in [5.74, 6) is -1.22. The third-order valence-electron chi connectivity index (χ3n) is 1.84. The molecule has 25 heavy (non-hydrogen) atoms. The maximum absolute atomic E-state index is 10.5. The lowest BCUT2D eigenvalue weighted by molar-refractivity contribution is -0.148. The number of azide groups is 2. The molecule has 12 nitrogen and oxygen atoms in total. The van der Waals surface area contributed by atoms with E-state index in [4.69, 9.17) is 26.0 Å². The molecule has 144 valence electrons. The zero-order chi connectivity index (χ0) is 20.1. The van der Waals surface area contributed by atoms with Crippen LogP contribution in [0.15, 0.2) is 10.2 Å². The largest absolute Gasteiger partial charge is 0.479 e. The lowest BCUT2D eigenvalue weighted by atomic mass is 10.4. The Balaban J connectivity index is -0.000000306. The van der Waals surface area contributed by atoms with Crippen LogP contribution in [-0.2, 0) is 19.1 Å². The van der Waals surface area contributed by atoms with Crippen LogP contribution in [0.1, 0.15) is 20.8 Å². The van der Waals surface area contributed by atoms with Gasteiger partial charge in [-0.25, -0.2) is 4.79 Å². The van der Waals surface area contributed by atoms with Gasteiger partial charge in [-0.1, -0.05) is 26.2 Å². The van der Waals surface area contributed by atoms with Crippen molar-refractivity contribution in [2.24, 2.45) is 10.2 Å². The first kappa shape index (κ1) is 27.8. The number of carboxylic acids is 1. The molecular formula is C12H23BrN6O6. The van der Waals surface area contributed by atoms with E-state index >= 15 is 0 Å². The van der Waals surface area contributed by atoms with E-state index < -0.39 is 12.1 Å². The number of aliphatic hydroxyl groups excluding tert-OH is 1. The van der Waals surface area contributed by atoms with E-state index in [1.807, 2.05) is 0 Å². The van der Waals surface area contributed by atoms with Gasteiger partial charge in [0.1, 0.15) is 4.83 Å². The van der Waals surface area contributed by atoms with Crippen molar-refractivity contribution in [2.75, 3.05) is 32.9 Å². The molecule has 0 heterocycles. The van der Waals surface area contributed by atoms with Crippen LogP contribution in [0.4, 0.5) is 0 Å². The Morgan fingerprint density at radius 2 is 1.72 bits per heavy atom. The fourth-order valence-corrected chi connectivity index (χ4v) is 0.865. The number of alkyl halides is 1. The Morgan fingerprint density at radius 1 is 1.20 bits per heavy atom. The Hall–Kier alpha value is -2.04. The van der Waals surface area contributed by atoms with Crippen molar-refractivity contribution in [1.82, 2.24) is 0 Å². The highest BCUT2D eigenvalue weighted by Crippen LogP contribution is 1.98. The van der Waals surface area contributed by atoms with E-state index in [-0.39, 0.29) is 37.1 Å². The van der Waals surface area contributed by atoms with Gasteiger partial charge in [0, 0.05) is 29.5 Å². The second-order valence-corrected chi connectivity index (χ2v) is 5.23. The molecule has 0 aromatic heterocycles. The number of hydrogen-bond donors (Lipinski definition) is 2. The van der Waals surface area contributed by atoms with Gasteiger partial charge in [-0.2, -0.15) is 0 Å². The van der Waals surface area contributed by atoms with Crippen LogP contribution >= 0.6 is 15.9 Å². The van der Waals surface area contributed by atoms with Gasteiger partial charge in [-0.05, 0) is 31.8 Å². The summed E-state index contributed by atoms with van der Waals surface area (Å²) in [4.78, 5) is 25.3. The van der Waals surface area contributed by atoms with Gasteiger partial charge in [0.15, 0.2) is 6.10 Å². The SMILES string of the molecule is CC(OCCN=[N+]=[N-])C(=O)O.CCOC(=O)C(C)Br.[N-]=[N+]=NCCO. The first-order chi connectivity index (χ1) is 11.8. The van der Waals surface area contributed by atoms with Crippen LogP contribution in [0.5, 0.6) is 0 Å². The van der Waals surface area contributed by atoms with Gasteiger partial charge in [0.25, 0.3) is 0 Å². The maximum Gasteiger partial charge on any atom is 0.332 e. The van der Waals surface area contributed by atoms with Gasteiger partial charge < -0.3 is 19.7 Å². The van der Waals surface area contributed by atoms with Crippen LogP contribution in [0.3, 0.4) is 0 Å². The van der Waals surface area contributed by atoms with E-state index in [0.29, 0.717) is 6.61 Å². The third-order valence-corrected chi connectivity index (χ3v) is 2.22. The Kier molecular flexibility index (Phi) is 24.4. The highest BCUT2D eigenvalue weighted by Gasteiger charge is 2.09. The molecule has 0 aromatic rings. The van der Waals surface area contributed by atoms with Gasteiger partial charge in [-0.3, -0.25) is 4.79 Å². The average molecular weight is 427 g/mol. The van der Waals surface area contributed by atoms with Crippen LogP contribution in [0.25, 0.3) is 20.9 Å². The monoisotopic (exact) mass is 426 g/mol. The van der Waals surface area contributed by atoms with Gasteiger partial charge in [0.2, 0.25) is 0 Å². The highest BCUT2D eigenvalue weighted by molar-refractivity contribution is 9.10. The molecule has 0 bridgehead atoms. The standard InChI is InChI=1S/C5H9BrO2.C5H9N3O3.C2H5N3O/c1-3-8-5(7)4(2)6;1-4(5(9)10)11-3-2-7-8-6;3-5-4-1-2-6/h4H,3H2,1-2H3;4H,2-3H2,1H3,(H,9,10);6H,1-2H2. The lowest BCUT2D eigenvalue weighted by Crippen LogP contribution is -2.20. The minimum atomic E-state index is -1.02. The summed E-state index contributed by atoms with van der Waals surface area (Å²) in [5.41, 5.74) is 15.4. The Labute approximate surface area is 153 Å². The van der Waals surface area contributed by atoms with Crippen molar-refractivity contribution in [2.45, 2.75) is 31.7 Å². The predicted octanol–water partition coefficient (Wildman–Crippen LogP) is 2.41. The summed E-state index contributed by atoms with van der Waals surface area (Å²) in [7, 11) is 0. The number of rotatable bonds is 9. The van der Waals surface area contributed by atoms with Gasteiger partial charge in [0.05, 0.1) is 13.2 Å². The summed E-state index contributed by atoms with van der Waals surface area (Å²) >= 11 is 3.07. The number of carbonyl (C=O) groups excluding carboxylic acids is 1. The number of hydrogen-bond acceptors (Lipinski definition) is 7. The third kappa shape index (κ3) is 27.1. The second kappa shape index (κ2) is 22.0. The zero-order valence-corrected chi connectivity index (χ0v) is 15.9. The topological polar surface area (TPSA) is 191 Å². The molecule has 0 saturated heterocycles. The molecule has 2 atom stereocenters. The van der Waals surface area contributed by atoms with Crippen molar-refractivity contribution in [3.8, 4) is 0 Å². The molecule has 0 aromatic carbocycles. The quantitative estimate of drug-likeness (QED) is 0.142. The van der Waals surface area contributed by atoms with Crippen molar-refractivity contribution in [3.05, 3.63) is 20.9 Å². The second-order valence-electron chi connectivity index (χ2n) is 3.85. The van der Waals surface area contributed by atoms with E-state index in [9.17, 15) is 9.59 Å². The average Bonchev–Trinajstić information content (AvgIpc) is 2.57. The van der Waals surface area contributed by atoms with Crippen LogP contribution in [-0.4, -0.2) is 66.0 Å². The smallest absolute Gasteiger partial charge is 0.332 e. The van der Waals surface area contributed by atoms with Gasteiger partial charge >= 0.3 is 11.9 Å². The summed E-state index contributed by atoms with van der Waals surface area (Å²) < 4.78 is 9.36. The number of aliphatic carboxylic acids is 1. The number of carboxylic acid groups (broad SMARTS) is 1. The molecule has 2 N–H and O–H groups in total. The fourth-order valence-electron chi connectivity index (χ4n) is 0.733. The van der Waals surface area contributed by atoms with E-state index in [1.54, 1.807) is 13.8 Å². The molecule has 0 aliphatic rings.